The molecule has 10 heteroatoms. The van der Waals surface area contributed by atoms with Gasteiger partial charge >= 0.3 is 0 Å². The number of primary sulfonamides is 1. The number of ether oxygens (including phenoxy) is 1. The van der Waals surface area contributed by atoms with Crippen LogP contribution < -0.4 is 20.5 Å². The van der Waals surface area contributed by atoms with Gasteiger partial charge in [-0.05, 0) is 61.1 Å². The third kappa shape index (κ3) is 6.55. The number of sulfonamides is 1. The van der Waals surface area contributed by atoms with Crippen molar-refractivity contribution in [2.75, 3.05) is 11.9 Å². The van der Waals surface area contributed by atoms with Crippen LogP contribution in [0.15, 0.2) is 51.8 Å². The van der Waals surface area contributed by atoms with Gasteiger partial charge in [-0.2, -0.15) is 0 Å². The molecule has 150 valence electrons. The maximum atomic E-state index is 12.6. The van der Waals surface area contributed by atoms with E-state index in [9.17, 15) is 13.2 Å². The van der Waals surface area contributed by atoms with Crippen molar-refractivity contribution in [1.82, 2.24) is 5.32 Å². The molecule has 0 aliphatic heterocycles. The van der Waals surface area contributed by atoms with Gasteiger partial charge in [-0.1, -0.05) is 29.3 Å². The summed E-state index contributed by atoms with van der Waals surface area (Å²) in [5.74, 6) is 0.0425. The number of rotatable bonds is 7. The highest BCUT2D eigenvalue weighted by molar-refractivity contribution is 9.10. The molecule has 2 rings (SSSR count). The normalized spacial score (nSPS) is 11.0. The van der Waals surface area contributed by atoms with Crippen molar-refractivity contribution in [2.45, 2.75) is 24.7 Å². The zero-order valence-electron chi connectivity index (χ0n) is 15.1. The van der Waals surface area contributed by atoms with Crippen molar-refractivity contribution in [2.24, 2.45) is 5.14 Å². The fourth-order valence-corrected chi connectivity index (χ4v) is 3.28. The van der Waals surface area contributed by atoms with E-state index >= 15 is 0 Å². The summed E-state index contributed by atoms with van der Waals surface area (Å²) < 4.78 is 29.0. The predicted octanol–water partition coefficient (Wildman–Crippen LogP) is 3.40. The second-order valence-corrected chi connectivity index (χ2v) is 8.71. The number of hydrogen-bond acceptors (Lipinski definition) is 5. The molecule has 0 aliphatic rings. The van der Waals surface area contributed by atoms with Crippen LogP contribution in [0.1, 0.15) is 30.1 Å². The molecular weight excluding hydrogens is 466 g/mol. The van der Waals surface area contributed by atoms with Crippen LogP contribution >= 0.6 is 28.1 Å². The van der Waals surface area contributed by atoms with Crippen LogP contribution in [0, 0.1) is 0 Å². The first-order chi connectivity index (χ1) is 13.2. The van der Waals surface area contributed by atoms with E-state index in [0.717, 1.165) is 17.3 Å². The minimum atomic E-state index is -3.77. The monoisotopic (exact) mass is 485 g/mol. The molecule has 0 fully saturated rings. The number of benzene rings is 2. The maximum Gasteiger partial charge on any atom is 0.261 e. The summed E-state index contributed by atoms with van der Waals surface area (Å²) in [5, 5.41) is 10.5. The molecule has 2 aromatic carbocycles. The number of hydrogen-bond donors (Lipinski definition) is 3. The Balaban J connectivity index is 2.06. The Hall–Kier alpha value is -2.01. The van der Waals surface area contributed by atoms with Gasteiger partial charge in [0.1, 0.15) is 5.75 Å². The number of nitrogens with one attached hydrogen (secondary N) is 2. The van der Waals surface area contributed by atoms with E-state index < -0.39 is 15.9 Å². The lowest BCUT2D eigenvalue weighted by Crippen LogP contribution is -2.34. The molecule has 0 spiro atoms. The Labute approximate surface area is 177 Å². The zero-order valence-corrected chi connectivity index (χ0v) is 18.3. The summed E-state index contributed by atoms with van der Waals surface area (Å²) in [6, 6.07) is 10.8. The third-order valence-electron chi connectivity index (χ3n) is 3.61. The van der Waals surface area contributed by atoms with Crippen LogP contribution in [-0.4, -0.2) is 26.0 Å². The molecule has 0 unspecified atom stereocenters. The van der Waals surface area contributed by atoms with Gasteiger partial charge in [0, 0.05) is 10.2 Å². The van der Waals surface area contributed by atoms with Gasteiger partial charge in [-0.3, -0.25) is 10.1 Å². The first-order valence-corrected chi connectivity index (χ1v) is 11.1. The van der Waals surface area contributed by atoms with Crippen LogP contribution in [0.3, 0.4) is 0 Å². The first kappa shape index (κ1) is 22.3. The van der Waals surface area contributed by atoms with Crippen LogP contribution in [0.5, 0.6) is 5.75 Å². The molecule has 0 radical (unpaired) electrons. The first-order valence-electron chi connectivity index (χ1n) is 8.38. The largest absolute Gasteiger partial charge is 0.493 e. The Morgan fingerprint density at radius 2 is 1.89 bits per heavy atom. The van der Waals surface area contributed by atoms with Gasteiger partial charge in [0.2, 0.25) is 10.0 Å². The van der Waals surface area contributed by atoms with E-state index in [1.807, 2.05) is 0 Å². The standard InChI is InChI=1S/C18H20BrN3O4S2/c1-2-3-10-26-16-9-4-12(19)11-15(16)17(23)22-18(27)21-13-5-7-14(8-6-13)28(20,24)25/h4-9,11H,2-3,10H2,1H3,(H2,20,24,25)(H2,21,22,23,27). The highest BCUT2D eigenvalue weighted by Gasteiger charge is 2.15. The number of carbonyl (C=O) groups excluding carboxylic acids is 1. The van der Waals surface area contributed by atoms with Crippen molar-refractivity contribution in [3.05, 3.63) is 52.5 Å². The van der Waals surface area contributed by atoms with Crippen molar-refractivity contribution >= 4 is 54.9 Å². The SMILES string of the molecule is CCCCOc1ccc(Br)cc1C(=O)NC(=S)Nc1ccc(S(N)(=O)=O)cc1. The molecule has 0 saturated carbocycles. The zero-order chi connectivity index (χ0) is 20.7. The lowest BCUT2D eigenvalue weighted by atomic mass is 10.2. The van der Waals surface area contributed by atoms with E-state index in [1.165, 1.54) is 24.3 Å². The van der Waals surface area contributed by atoms with Gasteiger partial charge < -0.3 is 10.1 Å². The number of unbranched alkanes of at least 4 members (excludes halogenated alkanes) is 1. The Kier molecular flexibility index (Phi) is 7.93. The average Bonchev–Trinajstić information content (AvgIpc) is 2.62. The molecule has 0 atom stereocenters. The lowest BCUT2D eigenvalue weighted by molar-refractivity contribution is 0.0973. The summed E-state index contributed by atoms with van der Waals surface area (Å²) in [4.78, 5) is 12.6. The van der Waals surface area contributed by atoms with E-state index in [4.69, 9.17) is 22.1 Å². The number of nitrogens with two attached hydrogens (primary N) is 1. The molecule has 0 aromatic heterocycles. The molecule has 28 heavy (non-hydrogen) atoms. The minimum Gasteiger partial charge on any atom is -0.493 e. The van der Waals surface area contributed by atoms with Crippen LogP contribution in [-0.2, 0) is 10.0 Å². The molecular formula is C18H20BrN3O4S2. The van der Waals surface area contributed by atoms with Crippen molar-refractivity contribution < 1.29 is 17.9 Å². The Morgan fingerprint density at radius 3 is 2.50 bits per heavy atom. The predicted molar refractivity (Wildman–Crippen MR) is 116 cm³/mol. The molecule has 0 bridgehead atoms. The van der Waals surface area contributed by atoms with Gasteiger partial charge in [-0.25, -0.2) is 13.6 Å². The van der Waals surface area contributed by atoms with E-state index in [-0.39, 0.29) is 10.0 Å². The quantitative estimate of drug-likeness (QED) is 0.409. The van der Waals surface area contributed by atoms with E-state index in [1.54, 1.807) is 18.2 Å². The topological polar surface area (TPSA) is 111 Å². The van der Waals surface area contributed by atoms with Gasteiger partial charge in [0.15, 0.2) is 5.11 Å². The summed E-state index contributed by atoms with van der Waals surface area (Å²) in [6.07, 6.45) is 1.86. The highest BCUT2D eigenvalue weighted by atomic mass is 79.9. The van der Waals surface area contributed by atoms with Gasteiger partial charge in [0.05, 0.1) is 17.1 Å². The van der Waals surface area contributed by atoms with Crippen LogP contribution in [0.25, 0.3) is 0 Å². The smallest absolute Gasteiger partial charge is 0.261 e. The molecule has 0 heterocycles. The summed E-state index contributed by atoms with van der Waals surface area (Å²) in [6.45, 7) is 2.57. The Morgan fingerprint density at radius 1 is 1.21 bits per heavy atom. The third-order valence-corrected chi connectivity index (χ3v) is 5.24. The molecule has 7 nitrogen and oxygen atoms in total. The van der Waals surface area contributed by atoms with Crippen molar-refractivity contribution in [3.8, 4) is 5.75 Å². The van der Waals surface area contributed by atoms with Crippen LogP contribution in [0.4, 0.5) is 5.69 Å². The maximum absolute atomic E-state index is 12.6. The highest BCUT2D eigenvalue weighted by Crippen LogP contribution is 2.23. The van der Waals surface area contributed by atoms with Crippen LogP contribution in [0.2, 0.25) is 0 Å². The van der Waals surface area contributed by atoms with Crippen molar-refractivity contribution in [1.29, 1.82) is 0 Å². The molecule has 2 aromatic rings. The van der Waals surface area contributed by atoms with Gasteiger partial charge in [-0.15, -0.1) is 0 Å². The second-order valence-electron chi connectivity index (χ2n) is 5.82. The summed E-state index contributed by atoms with van der Waals surface area (Å²) in [5.41, 5.74) is 0.852. The summed E-state index contributed by atoms with van der Waals surface area (Å²) >= 11 is 8.51. The number of halogens is 1. The molecule has 0 aliphatic carbocycles. The average molecular weight is 486 g/mol. The number of carbonyl (C=O) groups is 1. The van der Waals surface area contributed by atoms with Gasteiger partial charge in [0.25, 0.3) is 5.91 Å². The Bertz CT molecular complexity index is 963. The van der Waals surface area contributed by atoms with E-state index in [0.29, 0.717) is 23.6 Å². The van der Waals surface area contributed by atoms with E-state index in [2.05, 4.69) is 33.5 Å². The number of anilines is 1. The molecule has 0 saturated heterocycles. The lowest BCUT2D eigenvalue weighted by Gasteiger charge is -2.13. The molecule has 1 amide bonds. The minimum absolute atomic E-state index is 0.0176. The number of thiocarbonyl (C=S) groups is 1. The fraction of sp³-hybridized carbons (Fsp3) is 0.222. The number of amides is 1. The van der Waals surface area contributed by atoms with Crippen molar-refractivity contribution in [3.63, 3.8) is 0 Å². The fourth-order valence-electron chi connectivity index (χ4n) is 2.19. The molecule has 4 N–H and O–H groups in total. The summed E-state index contributed by atoms with van der Waals surface area (Å²) in [7, 11) is -3.77. The second kappa shape index (κ2) is 9.97.